The molecule has 0 N–H and O–H groups in total. The number of carbonyl (C=O) groups is 1. The Labute approximate surface area is 194 Å². The molecule has 32 heavy (non-hydrogen) atoms. The maximum atomic E-state index is 12.2. The number of allylic oxidation sites excluding steroid dienone is 2. The van der Waals surface area contributed by atoms with Crippen molar-refractivity contribution in [3.05, 3.63) is 12.2 Å². The van der Waals surface area contributed by atoms with Gasteiger partial charge in [-0.3, -0.25) is 4.79 Å². The molecule has 0 aromatic carbocycles. The number of ether oxygens (including phenoxy) is 5. The lowest BCUT2D eigenvalue weighted by molar-refractivity contribution is -0.207. The van der Waals surface area contributed by atoms with Crippen LogP contribution in [0.2, 0.25) is 0 Å². The highest BCUT2D eigenvalue weighted by Crippen LogP contribution is 2.40. The number of esters is 1. The zero-order chi connectivity index (χ0) is 22.5. The highest BCUT2D eigenvalue weighted by Gasteiger charge is 2.61. The van der Waals surface area contributed by atoms with Gasteiger partial charge in [-0.2, -0.15) is 0 Å². The van der Waals surface area contributed by atoms with Crippen molar-refractivity contribution in [2.45, 2.75) is 121 Å². The number of hydrogen-bond donors (Lipinski definition) is 0. The van der Waals surface area contributed by atoms with Crippen LogP contribution >= 0.6 is 0 Å². The Morgan fingerprint density at radius 1 is 0.875 bits per heavy atom. The molecule has 0 aromatic heterocycles. The van der Waals surface area contributed by atoms with Crippen molar-refractivity contribution in [2.75, 3.05) is 26.4 Å². The Kier molecular flexibility index (Phi) is 11.5. The van der Waals surface area contributed by atoms with Gasteiger partial charge in [0.15, 0.2) is 6.10 Å². The summed E-state index contributed by atoms with van der Waals surface area (Å²) in [5.41, 5.74) is 0. The van der Waals surface area contributed by atoms with Crippen LogP contribution in [-0.2, 0) is 28.5 Å². The standard InChI is InChI=1S/C26H44O6/c1-2-3-4-5-6-7-8-9-10-11-12-13-14-15-16-17-23(27)32-22-20-28-25-24(22)29-21-26(25)30-18-19-31-26/h9-10,22,24-25H,2-8,11-21H2,1H3/b10-9-/t22-,24-,25+/m1/s1. The Morgan fingerprint density at radius 3 is 2.19 bits per heavy atom. The molecule has 6 nitrogen and oxygen atoms in total. The van der Waals surface area contributed by atoms with Gasteiger partial charge >= 0.3 is 5.97 Å². The van der Waals surface area contributed by atoms with E-state index in [0.29, 0.717) is 32.8 Å². The molecule has 3 atom stereocenters. The van der Waals surface area contributed by atoms with E-state index in [-0.39, 0.29) is 24.3 Å². The van der Waals surface area contributed by atoms with E-state index in [2.05, 4.69) is 19.1 Å². The largest absolute Gasteiger partial charge is 0.457 e. The lowest BCUT2D eigenvalue weighted by Crippen LogP contribution is -2.45. The van der Waals surface area contributed by atoms with Crippen LogP contribution in [0.1, 0.15) is 96.8 Å². The topological polar surface area (TPSA) is 63.2 Å². The fourth-order valence-electron chi connectivity index (χ4n) is 4.84. The number of carbonyl (C=O) groups excluding carboxylic acids is 1. The normalized spacial score (nSPS) is 26.3. The van der Waals surface area contributed by atoms with Crippen molar-refractivity contribution in [2.24, 2.45) is 0 Å². The zero-order valence-corrected chi connectivity index (χ0v) is 20.1. The van der Waals surface area contributed by atoms with Crippen LogP contribution in [-0.4, -0.2) is 56.5 Å². The molecule has 3 aliphatic heterocycles. The lowest BCUT2D eigenvalue weighted by Gasteiger charge is -2.25. The molecule has 0 saturated carbocycles. The lowest BCUT2D eigenvalue weighted by atomic mass is 10.1. The maximum Gasteiger partial charge on any atom is 0.306 e. The molecule has 0 unspecified atom stereocenters. The van der Waals surface area contributed by atoms with E-state index in [0.717, 1.165) is 12.8 Å². The molecule has 0 radical (unpaired) electrons. The first-order valence-electron chi connectivity index (χ1n) is 13.1. The fourth-order valence-corrected chi connectivity index (χ4v) is 4.84. The van der Waals surface area contributed by atoms with Crippen molar-refractivity contribution in [1.82, 2.24) is 0 Å². The fraction of sp³-hybridized carbons (Fsp3) is 0.885. The van der Waals surface area contributed by atoms with Gasteiger partial charge in [-0.25, -0.2) is 0 Å². The molecule has 6 heteroatoms. The highest BCUT2D eigenvalue weighted by molar-refractivity contribution is 5.69. The number of rotatable bonds is 16. The summed E-state index contributed by atoms with van der Waals surface area (Å²) < 4.78 is 28.7. The van der Waals surface area contributed by atoms with E-state index < -0.39 is 5.79 Å². The van der Waals surface area contributed by atoms with Crippen LogP contribution < -0.4 is 0 Å². The summed E-state index contributed by atoms with van der Waals surface area (Å²) in [4.78, 5) is 12.2. The SMILES string of the molecule is CCCCCCCC/C=C\CCCCCCCC(=O)O[C@@H]1CO[C@H]2[C@@H]1OCC21OCCO1. The van der Waals surface area contributed by atoms with E-state index in [1.807, 2.05) is 0 Å². The minimum atomic E-state index is -0.796. The van der Waals surface area contributed by atoms with Gasteiger partial charge in [0.1, 0.15) is 18.8 Å². The number of hydrogen-bond acceptors (Lipinski definition) is 6. The zero-order valence-electron chi connectivity index (χ0n) is 20.1. The third-order valence-corrected chi connectivity index (χ3v) is 6.72. The minimum Gasteiger partial charge on any atom is -0.457 e. The average molecular weight is 453 g/mol. The Morgan fingerprint density at radius 2 is 1.50 bits per heavy atom. The molecule has 3 aliphatic rings. The van der Waals surface area contributed by atoms with E-state index in [1.54, 1.807) is 0 Å². The van der Waals surface area contributed by atoms with Crippen molar-refractivity contribution >= 4 is 5.97 Å². The van der Waals surface area contributed by atoms with Crippen molar-refractivity contribution < 1.29 is 28.5 Å². The van der Waals surface area contributed by atoms with Crippen LogP contribution in [0.3, 0.4) is 0 Å². The van der Waals surface area contributed by atoms with Crippen LogP contribution in [0.25, 0.3) is 0 Å². The maximum absolute atomic E-state index is 12.2. The summed E-state index contributed by atoms with van der Waals surface area (Å²) in [5, 5.41) is 0. The molecular formula is C26H44O6. The molecule has 0 amide bonds. The highest BCUT2D eigenvalue weighted by atomic mass is 16.8. The van der Waals surface area contributed by atoms with E-state index in [9.17, 15) is 4.79 Å². The third kappa shape index (κ3) is 7.82. The molecular weight excluding hydrogens is 408 g/mol. The summed E-state index contributed by atoms with van der Waals surface area (Å²) in [6.07, 6.45) is 20.4. The first-order valence-corrected chi connectivity index (χ1v) is 13.1. The molecule has 3 rings (SSSR count). The molecule has 3 heterocycles. The van der Waals surface area contributed by atoms with Crippen molar-refractivity contribution in [3.63, 3.8) is 0 Å². The summed E-state index contributed by atoms with van der Waals surface area (Å²) in [5.74, 6) is -0.954. The van der Waals surface area contributed by atoms with Crippen molar-refractivity contribution in [1.29, 1.82) is 0 Å². The van der Waals surface area contributed by atoms with Gasteiger partial charge < -0.3 is 23.7 Å². The first kappa shape index (κ1) is 25.7. The van der Waals surface area contributed by atoms with Crippen LogP contribution in [0.15, 0.2) is 12.2 Å². The second-order valence-electron chi connectivity index (χ2n) is 9.40. The van der Waals surface area contributed by atoms with E-state index >= 15 is 0 Å². The number of unbranched alkanes of at least 4 members (excludes halogenated alkanes) is 11. The second kappa shape index (κ2) is 14.3. The summed E-state index contributed by atoms with van der Waals surface area (Å²) in [6.45, 7) is 4.05. The summed E-state index contributed by atoms with van der Waals surface area (Å²) >= 11 is 0. The second-order valence-corrected chi connectivity index (χ2v) is 9.40. The predicted octanol–water partition coefficient (Wildman–Crippen LogP) is 5.48. The molecule has 1 spiro atoms. The van der Waals surface area contributed by atoms with E-state index in [4.69, 9.17) is 23.7 Å². The van der Waals surface area contributed by atoms with Gasteiger partial charge in [-0.05, 0) is 32.1 Å². The Balaban J connectivity index is 1.13. The molecule has 0 aliphatic carbocycles. The van der Waals surface area contributed by atoms with Gasteiger partial charge in [0.2, 0.25) is 5.79 Å². The summed E-state index contributed by atoms with van der Waals surface area (Å²) in [6, 6.07) is 0. The number of fused-ring (bicyclic) bond motifs is 2. The van der Waals surface area contributed by atoms with Gasteiger partial charge in [-0.15, -0.1) is 0 Å². The molecule has 3 saturated heterocycles. The monoisotopic (exact) mass is 452 g/mol. The Bertz CT molecular complexity index is 557. The molecule has 3 fully saturated rings. The van der Waals surface area contributed by atoms with Gasteiger partial charge in [-0.1, -0.05) is 70.4 Å². The van der Waals surface area contributed by atoms with Crippen molar-refractivity contribution in [3.8, 4) is 0 Å². The molecule has 0 bridgehead atoms. The van der Waals surface area contributed by atoms with Crippen LogP contribution in [0.4, 0.5) is 0 Å². The smallest absolute Gasteiger partial charge is 0.306 e. The first-order chi connectivity index (χ1) is 15.7. The van der Waals surface area contributed by atoms with Gasteiger partial charge in [0.05, 0.1) is 19.8 Å². The summed E-state index contributed by atoms with van der Waals surface area (Å²) in [7, 11) is 0. The van der Waals surface area contributed by atoms with Crippen LogP contribution in [0.5, 0.6) is 0 Å². The molecule has 0 aromatic rings. The van der Waals surface area contributed by atoms with Gasteiger partial charge in [0, 0.05) is 6.42 Å². The molecule has 184 valence electrons. The minimum absolute atomic E-state index is 0.158. The third-order valence-electron chi connectivity index (χ3n) is 6.72. The van der Waals surface area contributed by atoms with E-state index in [1.165, 1.54) is 70.6 Å². The Hall–Kier alpha value is -0.950. The van der Waals surface area contributed by atoms with Crippen LogP contribution in [0, 0.1) is 0 Å². The quantitative estimate of drug-likeness (QED) is 0.176. The predicted molar refractivity (Wildman–Crippen MR) is 123 cm³/mol. The van der Waals surface area contributed by atoms with Gasteiger partial charge in [0.25, 0.3) is 0 Å². The average Bonchev–Trinajstić information content (AvgIpc) is 3.51.